The van der Waals surface area contributed by atoms with E-state index < -0.39 is 12.1 Å². The smallest absolute Gasteiger partial charge is 0.378 e. The summed E-state index contributed by atoms with van der Waals surface area (Å²) in [5.41, 5.74) is 1.76. The van der Waals surface area contributed by atoms with E-state index in [0.29, 0.717) is 5.76 Å². The molecule has 0 amide bonds. The van der Waals surface area contributed by atoms with Crippen molar-refractivity contribution >= 4 is 5.97 Å². The topological polar surface area (TPSA) is 83.5 Å². The fourth-order valence-corrected chi connectivity index (χ4v) is 2.84. The van der Waals surface area contributed by atoms with Crippen LogP contribution in [0.15, 0.2) is 60.0 Å². The van der Waals surface area contributed by atoms with Crippen LogP contribution in [0.2, 0.25) is 0 Å². The second-order valence-corrected chi connectivity index (χ2v) is 6.37. The third-order valence-corrected chi connectivity index (χ3v) is 4.44. The van der Waals surface area contributed by atoms with Gasteiger partial charge in [0.15, 0.2) is 11.9 Å². The summed E-state index contributed by atoms with van der Waals surface area (Å²) in [7, 11) is 3.20. The highest BCUT2D eigenvalue weighted by Gasteiger charge is 2.37. The molecule has 29 heavy (non-hydrogen) atoms. The van der Waals surface area contributed by atoms with Crippen molar-refractivity contribution in [1.29, 1.82) is 0 Å². The van der Waals surface area contributed by atoms with Gasteiger partial charge in [0.2, 0.25) is 5.76 Å². The van der Waals surface area contributed by atoms with Crippen LogP contribution in [0.25, 0.3) is 0 Å². The summed E-state index contributed by atoms with van der Waals surface area (Å²) >= 11 is 0. The highest BCUT2D eigenvalue weighted by atomic mass is 16.6. The van der Waals surface area contributed by atoms with Crippen LogP contribution in [0.1, 0.15) is 17.5 Å². The predicted molar refractivity (Wildman–Crippen MR) is 104 cm³/mol. The fraction of sp³-hybridized carbons (Fsp3) is 0.318. The minimum absolute atomic E-state index is 0.0350. The first-order valence-corrected chi connectivity index (χ1v) is 9.22. The average Bonchev–Trinajstić information content (AvgIpc) is 3.05. The maximum absolute atomic E-state index is 12.3. The second kappa shape index (κ2) is 9.84. The van der Waals surface area contributed by atoms with E-state index in [2.05, 4.69) is 0 Å². The van der Waals surface area contributed by atoms with Crippen LogP contribution in [-0.4, -0.2) is 38.0 Å². The van der Waals surface area contributed by atoms with Crippen molar-refractivity contribution in [2.45, 2.75) is 25.7 Å². The van der Waals surface area contributed by atoms with Crippen LogP contribution in [0.3, 0.4) is 0 Å². The molecular formula is C22H24O7. The van der Waals surface area contributed by atoms with Crippen molar-refractivity contribution in [1.82, 2.24) is 0 Å². The normalized spacial score (nSPS) is 15.8. The number of hydrogen-bond donors (Lipinski definition) is 1. The number of carbonyl (C=O) groups excluding carboxylic acids is 1. The average molecular weight is 400 g/mol. The van der Waals surface area contributed by atoms with E-state index in [1.165, 1.54) is 0 Å². The maximum Gasteiger partial charge on any atom is 0.378 e. The number of aliphatic hydroxyl groups is 1. The number of aliphatic hydroxyl groups excluding tert-OH is 1. The highest BCUT2D eigenvalue weighted by molar-refractivity contribution is 5.89. The number of esters is 1. The highest BCUT2D eigenvalue weighted by Crippen LogP contribution is 2.29. The minimum Gasteiger partial charge on any atom is -0.497 e. The molecule has 0 fully saturated rings. The van der Waals surface area contributed by atoms with Gasteiger partial charge in [0.25, 0.3) is 0 Å². The number of hydrogen-bond acceptors (Lipinski definition) is 7. The number of benzene rings is 2. The van der Waals surface area contributed by atoms with E-state index >= 15 is 0 Å². The van der Waals surface area contributed by atoms with Crippen LogP contribution in [-0.2, 0) is 32.2 Å². The van der Waals surface area contributed by atoms with Gasteiger partial charge in [-0.2, -0.15) is 0 Å². The molecule has 2 aromatic rings. The van der Waals surface area contributed by atoms with E-state index in [1.807, 2.05) is 48.5 Å². The molecule has 0 spiro atoms. The van der Waals surface area contributed by atoms with Crippen molar-refractivity contribution in [3.63, 3.8) is 0 Å². The Hall–Kier alpha value is -3.19. The summed E-state index contributed by atoms with van der Waals surface area (Å²) in [5, 5.41) is 9.28. The Morgan fingerprint density at radius 3 is 1.86 bits per heavy atom. The molecule has 0 aromatic heterocycles. The summed E-state index contributed by atoms with van der Waals surface area (Å²) in [4.78, 5) is 12.3. The lowest BCUT2D eigenvalue weighted by atomic mass is 10.2. The summed E-state index contributed by atoms with van der Waals surface area (Å²) < 4.78 is 27.2. The summed E-state index contributed by atoms with van der Waals surface area (Å²) in [5.74, 6) is 1.22. The molecule has 0 saturated carbocycles. The first-order chi connectivity index (χ1) is 14.1. The maximum atomic E-state index is 12.3. The molecule has 7 heteroatoms. The molecule has 1 aliphatic heterocycles. The molecule has 0 saturated heterocycles. The van der Waals surface area contributed by atoms with Crippen molar-refractivity contribution in [3.8, 4) is 11.5 Å². The van der Waals surface area contributed by atoms with Gasteiger partial charge in [-0.25, -0.2) is 4.79 Å². The molecule has 1 heterocycles. The molecule has 1 atom stereocenters. The third-order valence-electron chi connectivity index (χ3n) is 4.44. The predicted octanol–water partition coefficient (Wildman–Crippen LogP) is 2.96. The minimum atomic E-state index is -0.670. The molecular weight excluding hydrogens is 376 g/mol. The number of rotatable bonds is 10. The van der Waals surface area contributed by atoms with Crippen molar-refractivity contribution in [2.75, 3.05) is 20.8 Å². The lowest BCUT2D eigenvalue weighted by Gasteiger charge is -2.14. The summed E-state index contributed by atoms with van der Waals surface area (Å²) in [6, 6.07) is 14.7. The zero-order chi connectivity index (χ0) is 20.6. The first kappa shape index (κ1) is 20.5. The molecule has 7 nitrogen and oxygen atoms in total. The van der Waals surface area contributed by atoms with Gasteiger partial charge in [-0.3, -0.25) is 0 Å². The Bertz CT molecular complexity index is 840. The number of ether oxygens (including phenoxy) is 5. The molecule has 154 valence electrons. The van der Waals surface area contributed by atoms with Gasteiger partial charge >= 0.3 is 5.97 Å². The Balaban J connectivity index is 1.72. The molecule has 1 unspecified atom stereocenters. The van der Waals surface area contributed by atoms with E-state index in [9.17, 15) is 9.90 Å². The van der Waals surface area contributed by atoms with Gasteiger partial charge in [0.1, 0.15) is 24.7 Å². The monoisotopic (exact) mass is 400 g/mol. The van der Waals surface area contributed by atoms with Gasteiger partial charge in [-0.05, 0) is 35.4 Å². The Morgan fingerprint density at radius 2 is 1.38 bits per heavy atom. The van der Waals surface area contributed by atoms with Crippen LogP contribution in [0.4, 0.5) is 0 Å². The third kappa shape index (κ3) is 5.20. The second-order valence-electron chi connectivity index (χ2n) is 6.37. The number of carbonyl (C=O) groups is 1. The van der Waals surface area contributed by atoms with E-state index in [0.717, 1.165) is 22.6 Å². The van der Waals surface area contributed by atoms with Crippen molar-refractivity contribution < 1.29 is 33.6 Å². The van der Waals surface area contributed by atoms with Crippen LogP contribution >= 0.6 is 0 Å². The molecule has 0 radical (unpaired) electrons. The molecule has 1 N–H and O–H groups in total. The van der Waals surface area contributed by atoms with Crippen LogP contribution < -0.4 is 9.47 Å². The lowest BCUT2D eigenvalue weighted by molar-refractivity contribution is -0.143. The Morgan fingerprint density at radius 1 is 0.862 bits per heavy atom. The Kier molecular flexibility index (Phi) is 6.97. The summed E-state index contributed by atoms with van der Waals surface area (Å²) in [6.07, 6.45) is -0.435. The first-order valence-electron chi connectivity index (χ1n) is 9.22. The van der Waals surface area contributed by atoms with Gasteiger partial charge in [-0.15, -0.1) is 0 Å². The lowest BCUT2D eigenvalue weighted by Crippen LogP contribution is -2.15. The molecule has 3 rings (SSSR count). The van der Waals surface area contributed by atoms with Crippen molar-refractivity contribution in [2.24, 2.45) is 0 Å². The van der Waals surface area contributed by atoms with E-state index in [4.69, 9.17) is 23.7 Å². The van der Waals surface area contributed by atoms with Crippen LogP contribution in [0, 0.1) is 0 Å². The largest absolute Gasteiger partial charge is 0.497 e. The molecule has 0 bridgehead atoms. The quantitative estimate of drug-likeness (QED) is 0.614. The number of methoxy groups -OCH3 is 2. The van der Waals surface area contributed by atoms with E-state index in [-0.39, 0.29) is 32.0 Å². The standard InChI is InChI=1S/C22H24O7/c1-25-17-7-3-15(4-8-17)13-27-20-19(11-12-23)29-22(24)21(20)28-14-16-5-9-18(26-2)10-6-16/h3-10,19,23H,11-14H2,1-2H3. The van der Waals surface area contributed by atoms with Gasteiger partial charge < -0.3 is 28.8 Å². The zero-order valence-corrected chi connectivity index (χ0v) is 16.4. The molecule has 2 aromatic carbocycles. The van der Waals surface area contributed by atoms with Gasteiger partial charge in [0, 0.05) is 13.0 Å². The zero-order valence-electron chi connectivity index (χ0n) is 16.4. The van der Waals surface area contributed by atoms with E-state index in [1.54, 1.807) is 14.2 Å². The van der Waals surface area contributed by atoms with Crippen LogP contribution in [0.5, 0.6) is 11.5 Å². The summed E-state index contributed by atoms with van der Waals surface area (Å²) in [6.45, 7) is 0.266. The molecule has 0 aliphatic carbocycles. The SMILES string of the molecule is COc1ccc(COC2=C(OCc3ccc(OC)cc3)C(CCO)OC2=O)cc1. The van der Waals surface area contributed by atoms with Gasteiger partial charge in [-0.1, -0.05) is 24.3 Å². The Labute approximate surface area is 169 Å². The molecule has 1 aliphatic rings. The fourth-order valence-electron chi connectivity index (χ4n) is 2.84. The number of cyclic esters (lactones) is 1. The van der Waals surface area contributed by atoms with Gasteiger partial charge in [0.05, 0.1) is 14.2 Å². The van der Waals surface area contributed by atoms with Crippen molar-refractivity contribution in [3.05, 3.63) is 71.2 Å².